The Hall–Kier alpha value is -1.91. The Morgan fingerprint density at radius 2 is 1.55 bits per heavy atom. The van der Waals surface area contributed by atoms with Gasteiger partial charge in [0, 0.05) is 37.4 Å². The van der Waals surface area contributed by atoms with Crippen LogP contribution < -0.4 is 4.90 Å². The molecular formula is C25H32FN3. The summed E-state index contributed by atoms with van der Waals surface area (Å²) >= 11 is 0. The standard InChI is InChI=1S/C25H32FN3/c1-25(11-14-27-12-9-22(25)10-13-27)29-17-15-28(16-18-29)24-4-2-3-21(19-24)20-5-7-23(26)8-6-20/h2-8,19,22H,9-18H2,1H3. The zero-order chi connectivity index (χ0) is 19.8. The molecule has 4 fully saturated rings. The molecule has 4 saturated heterocycles. The summed E-state index contributed by atoms with van der Waals surface area (Å²) in [5.74, 6) is 0.674. The van der Waals surface area contributed by atoms with Gasteiger partial charge in [0.15, 0.2) is 0 Å². The molecule has 1 unspecified atom stereocenters. The lowest BCUT2D eigenvalue weighted by Gasteiger charge is -2.49. The van der Waals surface area contributed by atoms with Crippen LogP contribution in [-0.4, -0.2) is 61.2 Å². The van der Waals surface area contributed by atoms with Crippen LogP contribution in [0.2, 0.25) is 0 Å². The van der Waals surface area contributed by atoms with Crippen molar-refractivity contribution in [2.75, 3.05) is 50.7 Å². The second-order valence-corrected chi connectivity index (χ2v) is 9.25. The van der Waals surface area contributed by atoms with Crippen molar-refractivity contribution in [3.05, 3.63) is 54.3 Å². The van der Waals surface area contributed by atoms with Crippen molar-refractivity contribution in [3.63, 3.8) is 0 Å². The smallest absolute Gasteiger partial charge is 0.123 e. The molecule has 4 heteroatoms. The highest BCUT2D eigenvalue weighted by atomic mass is 19.1. The normalized spacial score (nSPS) is 30.3. The Kier molecular flexibility index (Phi) is 5.09. The van der Waals surface area contributed by atoms with Gasteiger partial charge in [-0.2, -0.15) is 0 Å². The Labute approximate surface area is 174 Å². The van der Waals surface area contributed by atoms with Crippen LogP contribution in [0.1, 0.15) is 26.2 Å². The van der Waals surface area contributed by atoms with Crippen molar-refractivity contribution >= 4 is 5.69 Å². The van der Waals surface area contributed by atoms with Gasteiger partial charge in [-0.25, -0.2) is 4.39 Å². The van der Waals surface area contributed by atoms with E-state index in [1.807, 2.05) is 12.1 Å². The monoisotopic (exact) mass is 393 g/mol. The van der Waals surface area contributed by atoms with Crippen LogP contribution in [0.25, 0.3) is 11.1 Å². The molecule has 2 aromatic rings. The van der Waals surface area contributed by atoms with Gasteiger partial charge >= 0.3 is 0 Å². The molecule has 0 spiro atoms. The van der Waals surface area contributed by atoms with Crippen molar-refractivity contribution in [3.8, 4) is 11.1 Å². The van der Waals surface area contributed by atoms with Crippen molar-refractivity contribution in [1.82, 2.24) is 9.80 Å². The molecule has 0 aliphatic carbocycles. The van der Waals surface area contributed by atoms with Crippen LogP contribution in [0.3, 0.4) is 0 Å². The highest BCUT2D eigenvalue weighted by molar-refractivity contribution is 5.68. The Morgan fingerprint density at radius 3 is 2.28 bits per heavy atom. The minimum Gasteiger partial charge on any atom is -0.369 e. The quantitative estimate of drug-likeness (QED) is 0.761. The molecule has 4 aliphatic rings. The van der Waals surface area contributed by atoms with Gasteiger partial charge in [0.1, 0.15) is 5.82 Å². The predicted octanol–water partition coefficient (Wildman–Crippen LogP) is 4.49. The minimum absolute atomic E-state index is 0.182. The number of benzene rings is 2. The topological polar surface area (TPSA) is 9.72 Å². The largest absolute Gasteiger partial charge is 0.369 e. The van der Waals surface area contributed by atoms with Crippen LogP contribution in [0, 0.1) is 11.7 Å². The highest BCUT2D eigenvalue weighted by Crippen LogP contribution is 2.40. The number of piperidine rings is 1. The van der Waals surface area contributed by atoms with E-state index in [2.05, 4.69) is 45.9 Å². The number of hydrogen-bond acceptors (Lipinski definition) is 3. The first kappa shape index (κ1) is 19.1. The molecule has 4 aliphatic heterocycles. The minimum atomic E-state index is -0.182. The molecule has 0 N–H and O–H groups in total. The first-order valence-electron chi connectivity index (χ1n) is 11.2. The van der Waals surface area contributed by atoms with E-state index in [9.17, 15) is 4.39 Å². The molecule has 29 heavy (non-hydrogen) atoms. The first-order chi connectivity index (χ1) is 14.1. The molecule has 6 rings (SSSR count). The fraction of sp³-hybridized carbons (Fsp3) is 0.520. The lowest BCUT2D eigenvalue weighted by Crippen LogP contribution is -2.59. The maximum atomic E-state index is 13.3. The maximum absolute atomic E-state index is 13.3. The van der Waals surface area contributed by atoms with Gasteiger partial charge in [-0.05, 0) is 87.1 Å². The summed E-state index contributed by atoms with van der Waals surface area (Å²) in [6, 6.07) is 15.5. The zero-order valence-electron chi connectivity index (χ0n) is 17.5. The van der Waals surface area contributed by atoms with Crippen molar-refractivity contribution in [2.45, 2.75) is 31.7 Å². The molecule has 4 heterocycles. The van der Waals surface area contributed by atoms with E-state index in [1.165, 1.54) is 44.6 Å². The molecule has 0 radical (unpaired) electrons. The van der Waals surface area contributed by atoms with Crippen molar-refractivity contribution in [1.29, 1.82) is 0 Å². The first-order valence-corrected chi connectivity index (χ1v) is 11.2. The lowest BCUT2D eigenvalue weighted by molar-refractivity contribution is 0.0348. The summed E-state index contributed by atoms with van der Waals surface area (Å²) in [6.07, 6.45) is 4.06. The number of hydrogen-bond donors (Lipinski definition) is 0. The molecule has 154 valence electrons. The average Bonchev–Trinajstić information content (AvgIpc) is 3.04. The fourth-order valence-corrected chi connectivity index (χ4v) is 5.78. The molecule has 2 aromatic carbocycles. The van der Waals surface area contributed by atoms with Crippen LogP contribution in [0.15, 0.2) is 48.5 Å². The number of piperazine rings is 1. The number of anilines is 1. The molecule has 1 atom stereocenters. The van der Waals surface area contributed by atoms with Crippen LogP contribution in [-0.2, 0) is 0 Å². The Morgan fingerprint density at radius 1 is 0.828 bits per heavy atom. The number of halogens is 1. The van der Waals surface area contributed by atoms with E-state index >= 15 is 0 Å². The number of rotatable bonds is 3. The molecule has 0 aromatic heterocycles. The SMILES string of the molecule is CC1(N2CCN(c3cccc(-c4ccc(F)cc4)c3)CC2)CCN2CCC1CC2. The molecule has 0 saturated carbocycles. The third-order valence-corrected chi connectivity index (χ3v) is 7.79. The molecule has 2 bridgehead atoms. The summed E-state index contributed by atoms with van der Waals surface area (Å²) in [5, 5.41) is 0. The van der Waals surface area contributed by atoms with Gasteiger partial charge in [-0.1, -0.05) is 24.3 Å². The molecule has 0 amide bonds. The summed E-state index contributed by atoms with van der Waals surface area (Å²) in [4.78, 5) is 7.98. The van der Waals surface area contributed by atoms with Crippen molar-refractivity contribution < 1.29 is 4.39 Å². The van der Waals surface area contributed by atoms with Crippen LogP contribution >= 0.6 is 0 Å². The van der Waals surface area contributed by atoms with E-state index < -0.39 is 0 Å². The Balaban J connectivity index is 1.28. The van der Waals surface area contributed by atoms with Crippen LogP contribution in [0.4, 0.5) is 10.1 Å². The lowest BCUT2D eigenvalue weighted by atomic mass is 9.77. The van der Waals surface area contributed by atoms with Crippen LogP contribution in [0.5, 0.6) is 0 Å². The number of nitrogens with zero attached hydrogens (tertiary/aromatic N) is 3. The summed E-state index contributed by atoms with van der Waals surface area (Å²) in [6.45, 7) is 10.9. The molecular weight excluding hydrogens is 361 g/mol. The van der Waals surface area contributed by atoms with Gasteiger partial charge in [0.25, 0.3) is 0 Å². The fourth-order valence-electron chi connectivity index (χ4n) is 5.78. The van der Waals surface area contributed by atoms with Gasteiger partial charge in [-0.15, -0.1) is 0 Å². The van der Waals surface area contributed by atoms with Gasteiger partial charge in [0.2, 0.25) is 0 Å². The maximum Gasteiger partial charge on any atom is 0.123 e. The summed E-state index contributed by atoms with van der Waals surface area (Å²) in [5.41, 5.74) is 3.88. The van der Waals surface area contributed by atoms with E-state index in [4.69, 9.17) is 0 Å². The van der Waals surface area contributed by atoms with Gasteiger partial charge in [-0.3, -0.25) is 4.90 Å². The third-order valence-electron chi connectivity index (χ3n) is 7.79. The highest BCUT2D eigenvalue weighted by Gasteiger charge is 2.44. The molecule has 3 nitrogen and oxygen atoms in total. The predicted molar refractivity (Wildman–Crippen MR) is 118 cm³/mol. The van der Waals surface area contributed by atoms with E-state index in [-0.39, 0.29) is 5.82 Å². The summed E-state index contributed by atoms with van der Waals surface area (Å²) in [7, 11) is 0. The number of fused-ring (bicyclic) bond motifs is 4. The third kappa shape index (κ3) is 3.69. The zero-order valence-corrected chi connectivity index (χ0v) is 17.5. The van der Waals surface area contributed by atoms with E-state index in [0.29, 0.717) is 5.54 Å². The van der Waals surface area contributed by atoms with Gasteiger partial charge < -0.3 is 9.80 Å². The van der Waals surface area contributed by atoms with E-state index in [0.717, 1.165) is 43.2 Å². The second kappa shape index (κ2) is 7.73. The average molecular weight is 394 g/mol. The summed E-state index contributed by atoms with van der Waals surface area (Å²) < 4.78 is 13.3. The van der Waals surface area contributed by atoms with E-state index in [1.54, 1.807) is 12.1 Å². The second-order valence-electron chi connectivity index (χ2n) is 9.25. The van der Waals surface area contributed by atoms with Crippen molar-refractivity contribution in [2.24, 2.45) is 5.92 Å². The van der Waals surface area contributed by atoms with Gasteiger partial charge in [0.05, 0.1) is 0 Å². The Bertz CT molecular complexity index is 835.